The number of rotatable bonds is 3. The van der Waals surface area contributed by atoms with Gasteiger partial charge in [-0.3, -0.25) is 4.55 Å². The van der Waals surface area contributed by atoms with Crippen LogP contribution in [0.2, 0.25) is 0 Å². The van der Waals surface area contributed by atoms with Crippen molar-refractivity contribution in [1.82, 2.24) is 9.55 Å². The third-order valence-corrected chi connectivity index (χ3v) is 4.79. The van der Waals surface area contributed by atoms with Gasteiger partial charge in [-0.15, -0.1) is 0 Å². The number of benzene rings is 1. The zero-order valence-electron chi connectivity index (χ0n) is 16.8. The number of hydrogen-bond acceptors (Lipinski definition) is 5. The summed E-state index contributed by atoms with van der Waals surface area (Å²) in [6, 6.07) is 3.92. The van der Waals surface area contributed by atoms with Gasteiger partial charge in [-0.05, 0) is 43.9 Å². The largest absolute Gasteiger partial charge is 0.329 e. The summed E-state index contributed by atoms with van der Waals surface area (Å²) < 4.78 is 55.7. The highest BCUT2D eigenvalue weighted by molar-refractivity contribution is 7.85. The minimum Gasteiger partial charge on any atom is -0.329 e. The van der Waals surface area contributed by atoms with Crippen LogP contribution >= 0.6 is 0 Å². The van der Waals surface area contributed by atoms with Crippen LogP contribution in [0.4, 0.5) is 8.78 Å². The fraction of sp³-hybridized carbons (Fsp3) is 0.500. The first kappa shape index (κ1) is 23.7. The number of azide groups is 1. The first-order valence-corrected chi connectivity index (χ1v) is 10.9. The van der Waals surface area contributed by atoms with Crippen LogP contribution in [0.3, 0.4) is 0 Å². The predicted molar refractivity (Wildman–Crippen MR) is 107 cm³/mol. The summed E-state index contributed by atoms with van der Waals surface area (Å²) in [6.07, 6.45) is 3.59. The second kappa shape index (κ2) is 9.09. The third-order valence-electron chi connectivity index (χ3n) is 4.79. The number of hydrogen-bond donors (Lipinski definition) is 2. The van der Waals surface area contributed by atoms with Crippen molar-refractivity contribution in [3.8, 4) is 0 Å². The smallest absolute Gasteiger partial charge is 0.261 e. The summed E-state index contributed by atoms with van der Waals surface area (Å²) >= 11 is 0. The molecule has 0 bridgehead atoms. The van der Waals surface area contributed by atoms with Gasteiger partial charge in [0.2, 0.25) is 0 Å². The second-order valence-electron chi connectivity index (χ2n) is 7.62. The number of halogens is 2. The lowest BCUT2D eigenvalue weighted by atomic mass is 9.92. The molecule has 12 heteroatoms. The van der Waals surface area contributed by atoms with Gasteiger partial charge in [-0.25, -0.2) is 13.8 Å². The molecular formula is C18H24F2N6O3S. The molecule has 2 aromatic rings. The molecule has 0 saturated heterocycles. The minimum atomic E-state index is -3.67. The van der Waals surface area contributed by atoms with Gasteiger partial charge in [0.25, 0.3) is 10.1 Å². The quantitative estimate of drug-likeness (QED) is 0.321. The van der Waals surface area contributed by atoms with Crippen molar-refractivity contribution in [3.63, 3.8) is 0 Å². The van der Waals surface area contributed by atoms with E-state index in [0.29, 0.717) is 42.7 Å². The fourth-order valence-electron chi connectivity index (χ4n) is 3.44. The molecule has 2 heterocycles. The van der Waals surface area contributed by atoms with E-state index in [1.54, 1.807) is 26.1 Å². The lowest BCUT2D eigenvalue weighted by Gasteiger charge is -2.24. The van der Waals surface area contributed by atoms with Gasteiger partial charge in [0.1, 0.15) is 5.82 Å². The normalized spacial score (nSPS) is 19.0. The van der Waals surface area contributed by atoms with E-state index >= 15 is 0 Å². The molecule has 0 fully saturated rings. The summed E-state index contributed by atoms with van der Waals surface area (Å²) in [5, 5.41) is 3.84. The molecule has 2 atom stereocenters. The Hall–Kier alpha value is -2.53. The highest BCUT2D eigenvalue weighted by Crippen LogP contribution is 2.36. The van der Waals surface area contributed by atoms with Gasteiger partial charge in [0.15, 0.2) is 11.6 Å². The average molecular weight is 442 g/mol. The molecule has 0 spiro atoms. The van der Waals surface area contributed by atoms with Gasteiger partial charge < -0.3 is 10.3 Å². The van der Waals surface area contributed by atoms with E-state index in [9.17, 15) is 17.2 Å². The van der Waals surface area contributed by atoms with Crippen molar-refractivity contribution < 1.29 is 21.8 Å². The molecule has 1 aliphatic rings. The van der Waals surface area contributed by atoms with Crippen LogP contribution in [0.5, 0.6) is 0 Å². The topological polar surface area (TPSA) is 147 Å². The molecule has 0 aliphatic carbocycles. The van der Waals surface area contributed by atoms with E-state index in [2.05, 4.69) is 15.0 Å². The highest BCUT2D eigenvalue weighted by Gasteiger charge is 2.32. The van der Waals surface area contributed by atoms with Crippen molar-refractivity contribution >= 4 is 10.1 Å². The fourth-order valence-corrected chi connectivity index (χ4v) is 3.44. The highest BCUT2D eigenvalue weighted by atomic mass is 32.2. The number of imidazole rings is 1. The van der Waals surface area contributed by atoms with Crippen molar-refractivity contribution in [2.45, 2.75) is 50.7 Å². The molecule has 0 radical (unpaired) electrons. The second-order valence-corrected chi connectivity index (χ2v) is 9.08. The standard InChI is InChI=1S/C17H20F2N6.CH4O3S/c1-17(2,23-24-21)14-8-22-16-13(20)7-6-10(9-25(14)16)11-4-3-5-12(18)15(11)19;1-5(2,3)4/h3-5,8,10,13H,6-7,9,20H2,1-2H3;1H3,(H,2,3,4)/t10-,13-;/m1./s1. The lowest BCUT2D eigenvalue weighted by Crippen LogP contribution is -2.23. The Morgan fingerprint density at radius 3 is 2.60 bits per heavy atom. The lowest BCUT2D eigenvalue weighted by molar-refractivity contribution is 0.440. The molecule has 164 valence electrons. The Bertz CT molecular complexity index is 1060. The maximum atomic E-state index is 14.3. The van der Waals surface area contributed by atoms with E-state index in [1.807, 2.05) is 4.57 Å². The van der Waals surface area contributed by atoms with Gasteiger partial charge in [-0.2, -0.15) is 8.42 Å². The van der Waals surface area contributed by atoms with Crippen LogP contribution in [-0.2, 0) is 22.2 Å². The Labute approximate surface area is 173 Å². The van der Waals surface area contributed by atoms with E-state index in [1.165, 1.54) is 6.07 Å². The van der Waals surface area contributed by atoms with Crippen molar-refractivity contribution in [3.05, 3.63) is 63.6 Å². The third kappa shape index (κ3) is 5.76. The summed E-state index contributed by atoms with van der Waals surface area (Å²) in [7, 11) is -3.67. The summed E-state index contributed by atoms with van der Waals surface area (Å²) in [5.41, 5.74) is 15.3. The maximum Gasteiger partial charge on any atom is 0.261 e. The monoisotopic (exact) mass is 442 g/mol. The summed E-state index contributed by atoms with van der Waals surface area (Å²) in [4.78, 5) is 7.30. The number of fused-ring (bicyclic) bond motifs is 1. The first-order valence-electron chi connectivity index (χ1n) is 9.09. The van der Waals surface area contributed by atoms with E-state index in [-0.39, 0.29) is 12.0 Å². The van der Waals surface area contributed by atoms with Gasteiger partial charge in [0.05, 0.1) is 17.8 Å². The minimum absolute atomic E-state index is 0.238. The molecule has 1 aromatic carbocycles. The molecular weight excluding hydrogens is 418 g/mol. The van der Waals surface area contributed by atoms with Gasteiger partial charge in [-0.1, -0.05) is 17.2 Å². The molecule has 0 amide bonds. The van der Waals surface area contributed by atoms with Crippen LogP contribution in [-0.4, -0.2) is 28.8 Å². The molecule has 30 heavy (non-hydrogen) atoms. The average Bonchev–Trinajstić information content (AvgIpc) is 2.97. The number of aromatic nitrogens is 2. The molecule has 0 saturated carbocycles. The Balaban J connectivity index is 0.000000575. The first-order chi connectivity index (χ1) is 13.8. The van der Waals surface area contributed by atoms with Gasteiger partial charge >= 0.3 is 0 Å². The van der Waals surface area contributed by atoms with E-state index in [4.69, 9.17) is 15.8 Å². The maximum absolute atomic E-state index is 14.3. The van der Waals surface area contributed by atoms with Crippen LogP contribution in [0, 0.1) is 11.6 Å². The molecule has 1 aliphatic heterocycles. The number of nitrogens with zero attached hydrogens (tertiary/aromatic N) is 5. The van der Waals surface area contributed by atoms with Crippen molar-refractivity contribution in [2.24, 2.45) is 10.8 Å². The molecule has 0 unspecified atom stereocenters. The molecule has 9 nitrogen and oxygen atoms in total. The van der Waals surface area contributed by atoms with E-state index in [0.717, 1.165) is 6.07 Å². The summed E-state index contributed by atoms with van der Waals surface area (Å²) in [5.74, 6) is -1.24. The molecule has 1 aromatic heterocycles. The van der Waals surface area contributed by atoms with E-state index < -0.39 is 27.3 Å². The van der Waals surface area contributed by atoms with Crippen LogP contribution < -0.4 is 5.73 Å². The SMILES string of the molecule is CC(C)(N=[N+]=[N-])c1cnc2n1C[C@H](c1cccc(F)c1F)CC[C@H]2N.CS(=O)(=O)O. The number of nitrogens with two attached hydrogens (primary N) is 1. The zero-order chi connectivity index (χ0) is 22.7. The molecule has 3 N–H and O–H groups in total. The predicted octanol–water partition coefficient (Wildman–Crippen LogP) is 3.79. The van der Waals surface area contributed by atoms with Crippen LogP contribution in [0.25, 0.3) is 10.4 Å². The Kier molecular flexibility index (Phi) is 7.19. The van der Waals surface area contributed by atoms with Crippen molar-refractivity contribution in [2.75, 3.05) is 6.26 Å². The van der Waals surface area contributed by atoms with Crippen LogP contribution in [0.15, 0.2) is 29.5 Å². The Morgan fingerprint density at radius 1 is 1.37 bits per heavy atom. The van der Waals surface area contributed by atoms with Crippen LogP contribution in [0.1, 0.15) is 55.7 Å². The Morgan fingerprint density at radius 2 is 2.00 bits per heavy atom. The summed E-state index contributed by atoms with van der Waals surface area (Å²) in [6.45, 7) is 3.97. The van der Waals surface area contributed by atoms with Crippen molar-refractivity contribution in [1.29, 1.82) is 0 Å². The zero-order valence-corrected chi connectivity index (χ0v) is 17.6. The molecule has 3 rings (SSSR count). The van der Waals surface area contributed by atoms with Gasteiger partial charge in [0, 0.05) is 29.3 Å².